The highest BCUT2D eigenvalue weighted by atomic mass is 35.5. The summed E-state index contributed by atoms with van der Waals surface area (Å²) in [4.78, 5) is 0. The van der Waals surface area contributed by atoms with E-state index in [1.54, 1.807) is 6.07 Å². The summed E-state index contributed by atoms with van der Waals surface area (Å²) in [5, 5.41) is 12.9. The maximum absolute atomic E-state index is 8.93. The van der Waals surface area contributed by atoms with Gasteiger partial charge in [0.15, 0.2) is 0 Å². The molecule has 1 atom stereocenters. The van der Waals surface area contributed by atoms with Crippen LogP contribution in [0, 0.1) is 17.2 Å². The van der Waals surface area contributed by atoms with Crippen LogP contribution in [0.1, 0.15) is 37.4 Å². The van der Waals surface area contributed by atoms with Gasteiger partial charge in [-0.15, -0.1) is 0 Å². The summed E-state index contributed by atoms with van der Waals surface area (Å²) in [5.41, 5.74) is 2.70. The smallest absolute Gasteiger partial charge is 0.101 e. The Balaban J connectivity index is 2.23. The Bertz CT molecular complexity index is 629. The highest BCUT2D eigenvalue weighted by molar-refractivity contribution is 6.32. The van der Waals surface area contributed by atoms with E-state index in [1.807, 2.05) is 18.2 Å². The lowest BCUT2D eigenvalue weighted by atomic mass is 9.96. The lowest BCUT2D eigenvalue weighted by molar-refractivity contribution is 0.531. The molecule has 0 spiro atoms. The van der Waals surface area contributed by atoms with Crippen molar-refractivity contribution in [2.24, 2.45) is 5.92 Å². The van der Waals surface area contributed by atoms with Crippen molar-refractivity contribution in [1.29, 1.82) is 5.26 Å². The fourth-order valence-corrected chi connectivity index (χ4v) is 2.55. The summed E-state index contributed by atoms with van der Waals surface area (Å²) in [6.07, 6.45) is 1.03. The second kappa shape index (κ2) is 7.15. The van der Waals surface area contributed by atoms with Gasteiger partial charge in [-0.3, -0.25) is 0 Å². The van der Waals surface area contributed by atoms with Crippen LogP contribution in [0.5, 0.6) is 0 Å². The third kappa shape index (κ3) is 4.24. The molecule has 0 fully saturated rings. The molecule has 21 heavy (non-hydrogen) atoms. The maximum atomic E-state index is 8.93. The van der Waals surface area contributed by atoms with Crippen LogP contribution in [-0.2, 0) is 0 Å². The molecule has 2 nitrogen and oxygen atoms in total. The Morgan fingerprint density at radius 3 is 2.43 bits per heavy atom. The van der Waals surface area contributed by atoms with Gasteiger partial charge in [0.2, 0.25) is 0 Å². The highest BCUT2D eigenvalue weighted by Gasteiger charge is 2.13. The zero-order valence-corrected chi connectivity index (χ0v) is 13.1. The largest absolute Gasteiger partial charge is 0.378 e. The van der Waals surface area contributed by atoms with E-state index in [1.165, 1.54) is 5.56 Å². The number of nitriles is 1. The van der Waals surface area contributed by atoms with Gasteiger partial charge in [0, 0.05) is 5.69 Å². The zero-order chi connectivity index (χ0) is 15.2. The third-order valence-electron chi connectivity index (χ3n) is 3.34. The second-order valence-corrected chi connectivity index (χ2v) is 5.95. The van der Waals surface area contributed by atoms with E-state index in [9.17, 15) is 0 Å². The van der Waals surface area contributed by atoms with Crippen molar-refractivity contribution in [1.82, 2.24) is 0 Å². The first-order valence-corrected chi connectivity index (χ1v) is 7.49. The summed E-state index contributed by atoms with van der Waals surface area (Å²) >= 11 is 6.10. The van der Waals surface area contributed by atoms with Gasteiger partial charge in [-0.1, -0.05) is 55.8 Å². The molecule has 0 aliphatic heterocycles. The monoisotopic (exact) mass is 298 g/mol. The number of hydrogen-bond donors (Lipinski definition) is 1. The van der Waals surface area contributed by atoms with Crippen LogP contribution in [0.15, 0.2) is 48.5 Å². The predicted molar refractivity (Wildman–Crippen MR) is 88.4 cm³/mol. The molecule has 1 unspecified atom stereocenters. The standard InChI is InChI=1S/C18H19ClN2/c1-13(2)10-18(14-6-4-3-5-7-14)21-16-9-8-15(12-20)17(19)11-16/h3-9,11,13,18,21H,10H2,1-2H3. The first-order valence-electron chi connectivity index (χ1n) is 7.11. The molecular weight excluding hydrogens is 280 g/mol. The molecule has 3 heteroatoms. The van der Waals surface area contributed by atoms with Gasteiger partial charge < -0.3 is 5.32 Å². The van der Waals surface area contributed by atoms with E-state index in [-0.39, 0.29) is 6.04 Å². The van der Waals surface area contributed by atoms with Crippen LogP contribution in [-0.4, -0.2) is 0 Å². The maximum Gasteiger partial charge on any atom is 0.101 e. The molecule has 2 rings (SSSR count). The number of nitrogens with zero attached hydrogens (tertiary/aromatic N) is 1. The molecule has 0 amide bonds. The van der Waals surface area contributed by atoms with Crippen LogP contribution >= 0.6 is 11.6 Å². The van der Waals surface area contributed by atoms with E-state index in [0.29, 0.717) is 16.5 Å². The Labute approximate surface area is 131 Å². The summed E-state index contributed by atoms with van der Waals surface area (Å²) in [6, 6.07) is 18.2. The normalized spacial score (nSPS) is 12.0. The van der Waals surface area contributed by atoms with Crippen LogP contribution in [0.3, 0.4) is 0 Å². The second-order valence-electron chi connectivity index (χ2n) is 5.54. The van der Waals surface area contributed by atoms with E-state index < -0.39 is 0 Å². The van der Waals surface area contributed by atoms with Gasteiger partial charge in [-0.05, 0) is 36.1 Å². The van der Waals surface area contributed by atoms with Crippen molar-refractivity contribution in [3.63, 3.8) is 0 Å². The van der Waals surface area contributed by atoms with Gasteiger partial charge in [-0.25, -0.2) is 0 Å². The molecule has 2 aromatic carbocycles. The number of anilines is 1. The lowest BCUT2D eigenvalue weighted by Crippen LogP contribution is -2.13. The number of benzene rings is 2. The van der Waals surface area contributed by atoms with Crippen molar-refractivity contribution in [2.45, 2.75) is 26.3 Å². The minimum absolute atomic E-state index is 0.232. The highest BCUT2D eigenvalue weighted by Crippen LogP contribution is 2.28. The van der Waals surface area contributed by atoms with E-state index in [2.05, 4.69) is 49.5 Å². The summed E-state index contributed by atoms with van der Waals surface area (Å²) in [5.74, 6) is 0.580. The number of hydrogen-bond acceptors (Lipinski definition) is 2. The molecule has 1 N–H and O–H groups in total. The lowest BCUT2D eigenvalue weighted by Gasteiger charge is -2.22. The molecule has 0 radical (unpaired) electrons. The fraction of sp³-hybridized carbons (Fsp3) is 0.278. The van der Waals surface area contributed by atoms with Gasteiger partial charge in [0.1, 0.15) is 6.07 Å². The fourth-order valence-electron chi connectivity index (χ4n) is 2.33. The Kier molecular flexibility index (Phi) is 5.25. The minimum Gasteiger partial charge on any atom is -0.378 e. The topological polar surface area (TPSA) is 35.8 Å². The van der Waals surface area contributed by atoms with Gasteiger partial charge in [0.05, 0.1) is 16.6 Å². The Morgan fingerprint density at radius 1 is 1.14 bits per heavy atom. The van der Waals surface area contributed by atoms with E-state index in [4.69, 9.17) is 16.9 Å². The molecule has 0 aliphatic carbocycles. The van der Waals surface area contributed by atoms with Crippen molar-refractivity contribution >= 4 is 17.3 Å². The quantitative estimate of drug-likeness (QED) is 0.801. The summed E-state index contributed by atoms with van der Waals surface area (Å²) in [6.45, 7) is 4.42. The van der Waals surface area contributed by atoms with Crippen molar-refractivity contribution in [3.05, 3.63) is 64.7 Å². The molecule has 108 valence electrons. The Morgan fingerprint density at radius 2 is 1.86 bits per heavy atom. The van der Waals surface area contributed by atoms with E-state index in [0.717, 1.165) is 12.1 Å². The molecule has 0 saturated heterocycles. The molecule has 2 aromatic rings. The molecule has 0 heterocycles. The van der Waals surface area contributed by atoms with Gasteiger partial charge >= 0.3 is 0 Å². The average molecular weight is 299 g/mol. The summed E-state index contributed by atoms with van der Waals surface area (Å²) in [7, 11) is 0. The third-order valence-corrected chi connectivity index (χ3v) is 3.65. The molecule has 0 bridgehead atoms. The number of nitrogens with one attached hydrogen (secondary N) is 1. The number of rotatable bonds is 5. The molecular formula is C18H19ClN2. The first kappa shape index (κ1) is 15.4. The van der Waals surface area contributed by atoms with Gasteiger partial charge in [-0.2, -0.15) is 5.26 Å². The number of halogens is 1. The molecule has 0 saturated carbocycles. The van der Waals surface area contributed by atoms with E-state index >= 15 is 0 Å². The molecule has 0 aliphatic rings. The van der Waals surface area contributed by atoms with Crippen LogP contribution in [0.2, 0.25) is 5.02 Å². The summed E-state index contributed by atoms with van der Waals surface area (Å²) < 4.78 is 0. The average Bonchev–Trinajstić information content (AvgIpc) is 2.47. The van der Waals surface area contributed by atoms with Crippen molar-refractivity contribution in [3.8, 4) is 6.07 Å². The SMILES string of the molecule is CC(C)CC(Nc1ccc(C#N)c(Cl)c1)c1ccccc1. The van der Waals surface area contributed by atoms with Crippen LogP contribution in [0.4, 0.5) is 5.69 Å². The zero-order valence-electron chi connectivity index (χ0n) is 12.3. The Hall–Kier alpha value is -1.98. The van der Waals surface area contributed by atoms with Crippen molar-refractivity contribution < 1.29 is 0 Å². The van der Waals surface area contributed by atoms with Crippen LogP contribution < -0.4 is 5.32 Å². The predicted octanol–water partition coefficient (Wildman–Crippen LogP) is 5.41. The van der Waals surface area contributed by atoms with Crippen LogP contribution in [0.25, 0.3) is 0 Å². The first-order chi connectivity index (χ1) is 10.1. The minimum atomic E-state index is 0.232. The van der Waals surface area contributed by atoms with Gasteiger partial charge in [0.25, 0.3) is 0 Å². The van der Waals surface area contributed by atoms with Crippen molar-refractivity contribution in [2.75, 3.05) is 5.32 Å². The molecule has 0 aromatic heterocycles.